The maximum atomic E-state index is 6.95. The van der Waals surface area contributed by atoms with Gasteiger partial charge in [0.15, 0.2) is 0 Å². The summed E-state index contributed by atoms with van der Waals surface area (Å²) in [5.41, 5.74) is 12.9. The summed E-state index contributed by atoms with van der Waals surface area (Å²) in [7, 11) is -0.894. The first-order chi connectivity index (χ1) is 31.5. The average Bonchev–Trinajstić information content (AvgIpc) is 3.31. The largest absolute Gasteiger partial charge is 0.493 e. The van der Waals surface area contributed by atoms with Crippen LogP contribution in [-0.2, 0) is 25.7 Å². The van der Waals surface area contributed by atoms with Gasteiger partial charge in [-0.1, -0.05) is 155 Å². The molecule has 5 heteroatoms. The molecule has 0 N–H and O–H groups in total. The number of rotatable bonds is 16. The van der Waals surface area contributed by atoms with Crippen LogP contribution in [0.15, 0.2) is 146 Å². The normalized spacial score (nSPS) is 12.2. The lowest BCUT2D eigenvalue weighted by Gasteiger charge is -2.26. The maximum Gasteiger partial charge on any atom is 0.126 e. The third-order valence-corrected chi connectivity index (χ3v) is 14.2. The van der Waals surface area contributed by atoms with Crippen molar-refractivity contribution in [1.82, 2.24) is 0 Å². The molecule has 7 aromatic carbocycles. The van der Waals surface area contributed by atoms with Crippen LogP contribution in [0.25, 0.3) is 11.1 Å². The third kappa shape index (κ3) is 10.4. The van der Waals surface area contributed by atoms with E-state index < -0.39 is 7.92 Å². The van der Waals surface area contributed by atoms with Crippen molar-refractivity contribution in [3.05, 3.63) is 196 Å². The van der Waals surface area contributed by atoms with Crippen LogP contribution in [0.3, 0.4) is 0 Å². The van der Waals surface area contributed by atoms with E-state index in [0.717, 1.165) is 82.1 Å². The van der Waals surface area contributed by atoms with Crippen molar-refractivity contribution < 1.29 is 18.9 Å². The molecule has 0 atom stereocenters. The molecule has 1 aliphatic carbocycles. The van der Waals surface area contributed by atoms with Crippen molar-refractivity contribution in [2.24, 2.45) is 0 Å². The molecule has 0 saturated heterocycles. The monoisotopic (exact) mass is 866 g/mol. The quantitative estimate of drug-likeness (QED) is 0.0907. The second-order valence-electron chi connectivity index (χ2n) is 17.0. The summed E-state index contributed by atoms with van der Waals surface area (Å²) in [6, 6.07) is 54.0. The maximum absolute atomic E-state index is 6.95. The first-order valence-electron chi connectivity index (χ1n) is 23.5. The zero-order valence-corrected chi connectivity index (χ0v) is 39.3. The Balaban J connectivity index is 1.42. The highest BCUT2D eigenvalue weighted by Crippen LogP contribution is 2.42. The summed E-state index contributed by atoms with van der Waals surface area (Å²) in [6.45, 7) is 13.4. The molecule has 0 aromatic heterocycles. The van der Waals surface area contributed by atoms with Gasteiger partial charge in [-0.25, -0.2) is 0 Å². The highest BCUT2D eigenvalue weighted by Gasteiger charge is 2.26. The Hall–Kier alpha value is -5.83. The minimum absolute atomic E-state index is 0.627. The van der Waals surface area contributed by atoms with Crippen molar-refractivity contribution in [1.29, 1.82) is 0 Å². The highest BCUT2D eigenvalue weighted by atomic mass is 31.1. The van der Waals surface area contributed by atoms with E-state index in [2.05, 4.69) is 180 Å². The van der Waals surface area contributed by atoms with Crippen LogP contribution in [0.4, 0.5) is 0 Å². The van der Waals surface area contributed by atoms with E-state index in [1.807, 2.05) is 0 Å². The molecule has 328 valence electrons. The topological polar surface area (TPSA) is 36.9 Å². The molecule has 64 heavy (non-hydrogen) atoms. The number of para-hydroxylation sites is 2. The Morgan fingerprint density at radius 2 is 0.688 bits per heavy atom. The van der Waals surface area contributed by atoms with Crippen LogP contribution in [-0.4, -0.2) is 26.4 Å². The lowest BCUT2D eigenvalue weighted by atomic mass is 9.89. The number of ether oxygens (including phenoxy) is 4. The van der Waals surface area contributed by atoms with Gasteiger partial charge in [0.25, 0.3) is 0 Å². The van der Waals surface area contributed by atoms with Gasteiger partial charge in [-0.3, -0.25) is 0 Å². The van der Waals surface area contributed by atoms with Crippen LogP contribution in [0.2, 0.25) is 0 Å². The number of aryl methyl sites for hydroxylation is 1. The van der Waals surface area contributed by atoms with E-state index in [4.69, 9.17) is 18.9 Å². The fourth-order valence-electron chi connectivity index (χ4n) is 8.87. The van der Waals surface area contributed by atoms with E-state index in [-0.39, 0.29) is 0 Å². The zero-order valence-electron chi connectivity index (χ0n) is 38.4. The van der Waals surface area contributed by atoms with Crippen LogP contribution in [0.1, 0.15) is 103 Å². The molecule has 7 aromatic rings. The SMILES string of the molecule is CCCOc1c2cccc1Cc1cc(P(c3ccccc3)c3ccccc3)cc(c1OCCC)Cc1cccc(c1OCCC)Cc1cc(-c3ccc(C)cc3)cc(c1OCCC)C2. The first-order valence-corrected chi connectivity index (χ1v) is 24.8. The highest BCUT2D eigenvalue weighted by molar-refractivity contribution is 7.79. The van der Waals surface area contributed by atoms with Gasteiger partial charge < -0.3 is 18.9 Å². The molecule has 0 saturated carbocycles. The molecular formula is C59H63O4P. The Labute approximate surface area is 383 Å². The summed E-state index contributed by atoms with van der Waals surface area (Å²) in [6.07, 6.45) is 6.29. The summed E-state index contributed by atoms with van der Waals surface area (Å²) in [5, 5.41) is 3.94. The lowest BCUT2D eigenvalue weighted by Crippen LogP contribution is -2.22. The smallest absolute Gasteiger partial charge is 0.126 e. The van der Waals surface area contributed by atoms with Gasteiger partial charge in [-0.15, -0.1) is 0 Å². The second-order valence-corrected chi connectivity index (χ2v) is 19.2. The van der Waals surface area contributed by atoms with Gasteiger partial charge in [0, 0.05) is 25.7 Å². The predicted octanol–water partition coefficient (Wildman–Crippen LogP) is 13.3. The van der Waals surface area contributed by atoms with E-state index in [1.54, 1.807) is 0 Å². The molecule has 0 unspecified atom stereocenters. The molecule has 0 aliphatic heterocycles. The van der Waals surface area contributed by atoms with Gasteiger partial charge in [0.2, 0.25) is 0 Å². The average molecular weight is 867 g/mol. The molecule has 4 nitrogen and oxygen atoms in total. The third-order valence-electron chi connectivity index (χ3n) is 11.8. The molecule has 0 radical (unpaired) electrons. The van der Waals surface area contributed by atoms with E-state index in [9.17, 15) is 0 Å². The molecule has 0 spiro atoms. The summed E-state index contributed by atoms with van der Waals surface area (Å²) in [4.78, 5) is 0. The summed E-state index contributed by atoms with van der Waals surface area (Å²) in [5.74, 6) is 3.85. The van der Waals surface area contributed by atoms with Crippen LogP contribution in [0.5, 0.6) is 23.0 Å². The standard InChI is InChI=1S/C59H63O4P/c1-6-30-60-56-44-18-16-20-46(56)36-51-40-55(64(53-22-12-10-13-23-53)54-24-14-11-15-25-54)41-52(59(51)63-33-9-4)37-47-21-17-19-45(57(47)61-31-7-2)35-50-39-48(43-28-26-42(5)27-29-43)38-49(34-44)58(50)62-32-8-3/h10-29,38-41H,6-9,30-37H2,1-5H3. The Morgan fingerprint density at radius 1 is 0.344 bits per heavy atom. The van der Waals surface area contributed by atoms with Crippen molar-refractivity contribution in [2.75, 3.05) is 26.4 Å². The van der Waals surface area contributed by atoms with E-state index in [0.29, 0.717) is 52.1 Å². The molecule has 8 rings (SSSR count). The molecule has 8 bridgehead atoms. The van der Waals surface area contributed by atoms with Gasteiger partial charge in [0.1, 0.15) is 23.0 Å². The van der Waals surface area contributed by atoms with Crippen LogP contribution >= 0.6 is 7.92 Å². The minimum atomic E-state index is -0.894. The molecule has 1 aliphatic rings. The van der Waals surface area contributed by atoms with Gasteiger partial charge in [-0.2, -0.15) is 0 Å². The number of hydrogen-bond donors (Lipinski definition) is 0. The number of hydrogen-bond acceptors (Lipinski definition) is 4. The fraction of sp³-hybridized carbons (Fsp3) is 0.288. The fourth-order valence-corrected chi connectivity index (χ4v) is 11.3. The molecular weight excluding hydrogens is 804 g/mol. The second kappa shape index (κ2) is 21.7. The van der Waals surface area contributed by atoms with Gasteiger partial charge in [0.05, 0.1) is 26.4 Å². The summed E-state index contributed by atoms with van der Waals surface area (Å²) < 4.78 is 27.6. The van der Waals surface area contributed by atoms with Gasteiger partial charge >= 0.3 is 0 Å². The number of fused-ring (bicyclic) bond motifs is 8. The predicted molar refractivity (Wildman–Crippen MR) is 269 cm³/mol. The minimum Gasteiger partial charge on any atom is -0.493 e. The molecule has 0 heterocycles. The van der Waals surface area contributed by atoms with E-state index in [1.165, 1.54) is 43.7 Å². The van der Waals surface area contributed by atoms with Crippen LogP contribution < -0.4 is 34.9 Å². The van der Waals surface area contributed by atoms with Crippen molar-refractivity contribution in [3.63, 3.8) is 0 Å². The summed E-state index contributed by atoms with van der Waals surface area (Å²) >= 11 is 0. The van der Waals surface area contributed by atoms with Crippen molar-refractivity contribution in [2.45, 2.75) is 86.0 Å². The first kappa shape index (κ1) is 44.8. The zero-order chi connectivity index (χ0) is 44.3. The Morgan fingerprint density at radius 3 is 1.05 bits per heavy atom. The van der Waals surface area contributed by atoms with Crippen molar-refractivity contribution in [3.8, 4) is 34.1 Å². The molecule has 0 amide bonds. The lowest BCUT2D eigenvalue weighted by molar-refractivity contribution is 0.304. The van der Waals surface area contributed by atoms with Gasteiger partial charge in [-0.05, 0) is 136 Å². The van der Waals surface area contributed by atoms with E-state index >= 15 is 0 Å². The van der Waals surface area contributed by atoms with Crippen molar-refractivity contribution >= 4 is 23.8 Å². The Bertz CT molecular complexity index is 2470. The number of benzene rings is 7. The molecule has 0 fully saturated rings. The Kier molecular flexibility index (Phi) is 15.2. The van der Waals surface area contributed by atoms with Crippen LogP contribution in [0, 0.1) is 6.92 Å².